The number of amides is 2. The fourth-order valence-corrected chi connectivity index (χ4v) is 3.38. The Balaban J connectivity index is 2.16. The van der Waals surface area contributed by atoms with E-state index in [1.165, 1.54) is 10.5 Å². The first-order chi connectivity index (χ1) is 15.1. The third-order valence-electron chi connectivity index (χ3n) is 5.41. The van der Waals surface area contributed by atoms with Crippen molar-refractivity contribution < 1.29 is 14.3 Å². The second kappa shape index (κ2) is 12.1. The highest BCUT2D eigenvalue weighted by Gasteiger charge is 2.27. The lowest BCUT2D eigenvalue weighted by molar-refractivity contribution is -0.142. The van der Waals surface area contributed by atoms with Crippen molar-refractivity contribution in [2.45, 2.75) is 65.6 Å². The SMILES string of the molecule is CC[C@@H](C)NC(=O)[C@@H](C)N(Cc1ccc(Cl)c(Cl)c1)C(=O)COc1ccc(C(C)C)cc1. The first-order valence-corrected chi connectivity index (χ1v) is 11.6. The topological polar surface area (TPSA) is 58.6 Å². The molecule has 0 spiro atoms. The number of benzene rings is 2. The zero-order chi connectivity index (χ0) is 23.8. The van der Waals surface area contributed by atoms with Crippen molar-refractivity contribution in [2.24, 2.45) is 0 Å². The second-order valence-corrected chi connectivity index (χ2v) is 9.09. The van der Waals surface area contributed by atoms with Gasteiger partial charge in [0.1, 0.15) is 11.8 Å². The van der Waals surface area contributed by atoms with Gasteiger partial charge < -0.3 is 15.0 Å². The van der Waals surface area contributed by atoms with Crippen LogP contribution in [-0.2, 0) is 16.1 Å². The minimum atomic E-state index is -0.683. The third-order valence-corrected chi connectivity index (χ3v) is 6.15. The summed E-state index contributed by atoms with van der Waals surface area (Å²) in [5.41, 5.74) is 1.97. The van der Waals surface area contributed by atoms with Crippen LogP contribution in [0, 0.1) is 0 Å². The lowest BCUT2D eigenvalue weighted by atomic mass is 10.0. The van der Waals surface area contributed by atoms with Crippen molar-refractivity contribution in [2.75, 3.05) is 6.61 Å². The van der Waals surface area contributed by atoms with Crippen molar-refractivity contribution in [1.82, 2.24) is 10.2 Å². The summed E-state index contributed by atoms with van der Waals surface area (Å²) in [6.45, 7) is 9.90. The highest BCUT2D eigenvalue weighted by Crippen LogP contribution is 2.24. The summed E-state index contributed by atoms with van der Waals surface area (Å²) in [6, 6.07) is 12.2. The van der Waals surface area contributed by atoms with Crippen LogP contribution in [0.3, 0.4) is 0 Å². The van der Waals surface area contributed by atoms with Crippen molar-refractivity contribution >= 4 is 35.0 Å². The molecule has 2 rings (SSSR count). The van der Waals surface area contributed by atoms with E-state index >= 15 is 0 Å². The summed E-state index contributed by atoms with van der Waals surface area (Å²) >= 11 is 12.2. The smallest absolute Gasteiger partial charge is 0.261 e. The molecule has 0 aliphatic rings. The molecule has 1 N–H and O–H groups in total. The number of ether oxygens (including phenoxy) is 1. The van der Waals surface area contributed by atoms with Crippen LogP contribution in [0.15, 0.2) is 42.5 Å². The third kappa shape index (κ3) is 7.42. The molecule has 32 heavy (non-hydrogen) atoms. The molecule has 5 nitrogen and oxygen atoms in total. The summed E-state index contributed by atoms with van der Waals surface area (Å²) in [4.78, 5) is 27.4. The summed E-state index contributed by atoms with van der Waals surface area (Å²) in [5.74, 6) is 0.510. The predicted octanol–water partition coefficient (Wildman–Crippen LogP) is 5.83. The summed E-state index contributed by atoms with van der Waals surface area (Å²) in [5, 5.41) is 3.77. The molecule has 2 aromatic rings. The Bertz CT molecular complexity index is 916. The van der Waals surface area contributed by atoms with E-state index in [0.29, 0.717) is 21.7 Å². The Morgan fingerprint density at radius 1 is 1.00 bits per heavy atom. The van der Waals surface area contributed by atoms with Gasteiger partial charge in [-0.15, -0.1) is 0 Å². The van der Waals surface area contributed by atoms with E-state index in [-0.39, 0.29) is 31.0 Å². The van der Waals surface area contributed by atoms with Gasteiger partial charge in [0.25, 0.3) is 5.91 Å². The zero-order valence-electron chi connectivity index (χ0n) is 19.3. The molecule has 0 aliphatic carbocycles. The van der Waals surface area contributed by atoms with Crippen LogP contribution in [0.1, 0.15) is 58.1 Å². The van der Waals surface area contributed by atoms with Crippen LogP contribution in [0.2, 0.25) is 10.0 Å². The highest BCUT2D eigenvalue weighted by molar-refractivity contribution is 6.42. The minimum Gasteiger partial charge on any atom is -0.484 e. The Labute approximate surface area is 201 Å². The molecule has 0 aliphatic heterocycles. The molecule has 0 radical (unpaired) electrons. The van der Waals surface area contributed by atoms with Gasteiger partial charge in [-0.05, 0) is 61.6 Å². The maximum atomic E-state index is 13.1. The van der Waals surface area contributed by atoms with Gasteiger partial charge in [0.2, 0.25) is 5.91 Å². The number of carbonyl (C=O) groups excluding carboxylic acids is 2. The van der Waals surface area contributed by atoms with Crippen molar-refractivity contribution in [3.8, 4) is 5.75 Å². The number of hydrogen-bond acceptors (Lipinski definition) is 3. The number of halogens is 2. The molecule has 0 fully saturated rings. The number of rotatable bonds is 10. The number of nitrogens with one attached hydrogen (secondary N) is 1. The summed E-state index contributed by atoms with van der Waals surface area (Å²) in [6.07, 6.45) is 0.800. The van der Waals surface area contributed by atoms with Crippen LogP contribution in [0.4, 0.5) is 0 Å². The van der Waals surface area contributed by atoms with Crippen LogP contribution < -0.4 is 10.1 Å². The van der Waals surface area contributed by atoms with E-state index in [9.17, 15) is 9.59 Å². The van der Waals surface area contributed by atoms with E-state index in [1.807, 2.05) is 38.1 Å². The molecule has 0 bridgehead atoms. The molecule has 2 atom stereocenters. The minimum absolute atomic E-state index is 0.0163. The maximum Gasteiger partial charge on any atom is 0.261 e. The highest BCUT2D eigenvalue weighted by atomic mass is 35.5. The normalized spacial score (nSPS) is 12.9. The molecule has 0 aromatic heterocycles. The molecule has 0 unspecified atom stereocenters. The van der Waals surface area contributed by atoms with E-state index in [1.54, 1.807) is 25.1 Å². The van der Waals surface area contributed by atoms with E-state index in [0.717, 1.165) is 12.0 Å². The van der Waals surface area contributed by atoms with Crippen LogP contribution in [-0.4, -0.2) is 35.4 Å². The van der Waals surface area contributed by atoms with Gasteiger partial charge >= 0.3 is 0 Å². The predicted molar refractivity (Wildman–Crippen MR) is 130 cm³/mol. The van der Waals surface area contributed by atoms with Gasteiger partial charge in [0, 0.05) is 12.6 Å². The Morgan fingerprint density at radius 3 is 2.22 bits per heavy atom. The quantitative estimate of drug-likeness (QED) is 0.467. The molecule has 0 heterocycles. The number of hydrogen-bond donors (Lipinski definition) is 1. The first kappa shape index (κ1) is 26.0. The Morgan fingerprint density at radius 2 is 1.66 bits per heavy atom. The summed E-state index contributed by atoms with van der Waals surface area (Å²) < 4.78 is 5.73. The van der Waals surface area contributed by atoms with E-state index < -0.39 is 6.04 Å². The average molecular weight is 479 g/mol. The summed E-state index contributed by atoms with van der Waals surface area (Å²) in [7, 11) is 0. The monoisotopic (exact) mass is 478 g/mol. The van der Waals surface area contributed by atoms with Gasteiger partial charge in [-0.25, -0.2) is 0 Å². The largest absolute Gasteiger partial charge is 0.484 e. The van der Waals surface area contributed by atoms with E-state index in [2.05, 4.69) is 19.2 Å². The molecule has 0 saturated heterocycles. The standard InChI is InChI=1S/C25H32Cl2N2O3/c1-6-17(4)28-25(31)18(5)29(14-19-7-12-22(26)23(27)13-19)24(30)15-32-21-10-8-20(9-11-21)16(2)3/h7-13,16-18H,6,14-15H2,1-5H3,(H,28,31)/t17-,18-/m1/s1. The molecule has 0 saturated carbocycles. The molecule has 2 amide bonds. The van der Waals surface area contributed by atoms with Crippen molar-refractivity contribution in [3.05, 3.63) is 63.6 Å². The fraction of sp³-hybridized carbons (Fsp3) is 0.440. The Hall–Kier alpha value is -2.24. The Kier molecular flexibility index (Phi) is 9.85. The molecule has 174 valence electrons. The number of carbonyl (C=O) groups is 2. The second-order valence-electron chi connectivity index (χ2n) is 8.28. The van der Waals surface area contributed by atoms with Crippen LogP contribution in [0.25, 0.3) is 0 Å². The number of nitrogens with zero attached hydrogens (tertiary/aromatic N) is 1. The fourth-order valence-electron chi connectivity index (χ4n) is 3.06. The molecule has 7 heteroatoms. The maximum absolute atomic E-state index is 13.1. The van der Waals surface area contributed by atoms with Gasteiger partial charge in [-0.2, -0.15) is 0 Å². The first-order valence-electron chi connectivity index (χ1n) is 10.9. The van der Waals surface area contributed by atoms with Crippen molar-refractivity contribution in [1.29, 1.82) is 0 Å². The molecule has 2 aromatic carbocycles. The van der Waals surface area contributed by atoms with Crippen molar-refractivity contribution in [3.63, 3.8) is 0 Å². The molecular weight excluding hydrogens is 447 g/mol. The van der Waals surface area contributed by atoms with Gasteiger partial charge in [0.15, 0.2) is 6.61 Å². The van der Waals surface area contributed by atoms with Gasteiger partial charge in [-0.3, -0.25) is 9.59 Å². The van der Waals surface area contributed by atoms with Crippen LogP contribution >= 0.6 is 23.2 Å². The van der Waals surface area contributed by atoms with Gasteiger partial charge in [-0.1, -0.05) is 62.2 Å². The lowest BCUT2D eigenvalue weighted by Crippen LogP contribution is -2.50. The van der Waals surface area contributed by atoms with Gasteiger partial charge in [0.05, 0.1) is 10.0 Å². The zero-order valence-corrected chi connectivity index (χ0v) is 20.8. The molecular formula is C25H32Cl2N2O3. The van der Waals surface area contributed by atoms with E-state index in [4.69, 9.17) is 27.9 Å². The van der Waals surface area contributed by atoms with Crippen LogP contribution in [0.5, 0.6) is 5.75 Å². The average Bonchev–Trinajstić information content (AvgIpc) is 2.77. The lowest BCUT2D eigenvalue weighted by Gasteiger charge is -2.29.